The zero-order valence-corrected chi connectivity index (χ0v) is 18.7. The van der Waals surface area contributed by atoms with E-state index >= 15 is 0 Å². The molecule has 1 fully saturated rings. The number of pyridine rings is 2. The minimum Gasteiger partial charge on any atom is -0.339 e. The maximum Gasteiger partial charge on any atom is 0.140 e. The number of hydrogen-bond donors (Lipinski definition) is 1. The van der Waals surface area contributed by atoms with Crippen LogP contribution in [0.1, 0.15) is 58.0 Å². The molecule has 6 heteroatoms. The average Bonchev–Trinajstić information content (AvgIpc) is 3.20. The van der Waals surface area contributed by atoms with Crippen LogP contribution in [0.3, 0.4) is 0 Å². The van der Waals surface area contributed by atoms with Crippen LogP contribution in [0.2, 0.25) is 0 Å². The van der Waals surface area contributed by atoms with Crippen molar-refractivity contribution >= 4 is 11.5 Å². The lowest BCUT2D eigenvalue weighted by Crippen LogP contribution is -2.42. The lowest BCUT2D eigenvalue weighted by Gasteiger charge is -2.37. The van der Waals surface area contributed by atoms with Crippen molar-refractivity contribution < 1.29 is 0 Å². The number of aromatic nitrogens is 2. The summed E-state index contributed by atoms with van der Waals surface area (Å²) in [5.41, 5.74) is 2.61. The maximum absolute atomic E-state index is 8.91. The van der Waals surface area contributed by atoms with Crippen molar-refractivity contribution in [1.29, 1.82) is 5.26 Å². The van der Waals surface area contributed by atoms with E-state index < -0.39 is 0 Å². The summed E-state index contributed by atoms with van der Waals surface area (Å²) in [6, 6.07) is 12.2. The van der Waals surface area contributed by atoms with Gasteiger partial charge >= 0.3 is 0 Å². The molecule has 0 aromatic carbocycles. The van der Waals surface area contributed by atoms with Crippen molar-refractivity contribution in [3.63, 3.8) is 0 Å². The topological polar surface area (TPSA) is 68.1 Å². The molecule has 0 spiro atoms. The zero-order valence-electron chi connectivity index (χ0n) is 18.7. The van der Waals surface area contributed by atoms with E-state index in [1.54, 1.807) is 12.3 Å². The molecule has 0 bridgehead atoms. The van der Waals surface area contributed by atoms with E-state index in [1.165, 1.54) is 6.42 Å². The first-order valence-corrected chi connectivity index (χ1v) is 11.0. The molecular formula is C24H34N6. The highest BCUT2D eigenvalue weighted by Crippen LogP contribution is 2.34. The number of likely N-dealkylation sites (tertiary alicyclic amines) is 1. The Kier molecular flexibility index (Phi) is 7.41. The number of anilines is 2. The van der Waals surface area contributed by atoms with Crippen molar-refractivity contribution in [2.45, 2.75) is 46.6 Å². The Labute approximate surface area is 180 Å². The van der Waals surface area contributed by atoms with Gasteiger partial charge in [0.25, 0.3) is 0 Å². The molecular weight excluding hydrogens is 372 g/mol. The Morgan fingerprint density at radius 2 is 2.03 bits per heavy atom. The Morgan fingerprint density at radius 3 is 2.70 bits per heavy atom. The third kappa shape index (κ3) is 5.78. The molecule has 0 amide bonds. The van der Waals surface area contributed by atoms with Crippen LogP contribution in [0.4, 0.5) is 11.5 Å². The summed E-state index contributed by atoms with van der Waals surface area (Å²) in [4.78, 5) is 14.2. The zero-order chi connectivity index (χ0) is 21.6. The van der Waals surface area contributed by atoms with Gasteiger partial charge in [-0.3, -0.25) is 4.90 Å². The van der Waals surface area contributed by atoms with Crippen LogP contribution in [0.25, 0.3) is 0 Å². The van der Waals surface area contributed by atoms with E-state index in [1.807, 2.05) is 18.2 Å². The van der Waals surface area contributed by atoms with Crippen LogP contribution >= 0.6 is 0 Å². The summed E-state index contributed by atoms with van der Waals surface area (Å²) in [7, 11) is 0. The second-order valence-corrected chi connectivity index (χ2v) is 8.87. The van der Waals surface area contributed by atoms with E-state index in [0.717, 1.165) is 56.3 Å². The molecule has 0 unspecified atom stereocenters. The fourth-order valence-corrected chi connectivity index (χ4v) is 4.39. The van der Waals surface area contributed by atoms with Crippen LogP contribution in [0, 0.1) is 16.7 Å². The average molecular weight is 407 g/mol. The van der Waals surface area contributed by atoms with Gasteiger partial charge in [-0.15, -0.1) is 0 Å². The molecule has 6 nitrogen and oxygen atoms in total. The molecule has 1 aliphatic rings. The second kappa shape index (κ2) is 10.0. The summed E-state index contributed by atoms with van der Waals surface area (Å²) in [5.74, 6) is 0.813. The summed E-state index contributed by atoms with van der Waals surface area (Å²) in [5, 5.41) is 12.2. The standard InChI is InChI=1S/C24H34N6/c1-5-29(6-2)17-24(3,4)18-30-14-8-10-22(30)21-9-7-11-23(28-21)27-20-13-12-19(15-25)26-16-20/h7,9,11-13,16,22H,5-6,8,10,14,17-18H2,1-4H3,(H,27,28)/t22-/m1/s1. The summed E-state index contributed by atoms with van der Waals surface area (Å²) < 4.78 is 0. The first-order valence-electron chi connectivity index (χ1n) is 11.0. The Morgan fingerprint density at radius 1 is 1.23 bits per heavy atom. The highest BCUT2D eigenvalue weighted by atomic mass is 15.2. The Balaban J connectivity index is 1.69. The lowest BCUT2D eigenvalue weighted by atomic mass is 9.91. The van der Waals surface area contributed by atoms with E-state index in [-0.39, 0.29) is 5.41 Å². The smallest absolute Gasteiger partial charge is 0.140 e. The van der Waals surface area contributed by atoms with Crippen molar-refractivity contribution in [2.75, 3.05) is 38.0 Å². The molecule has 1 saturated heterocycles. The van der Waals surface area contributed by atoms with E-state index in [4.69, 9.17) is 10.2 Å². The van der Waals surface area contributed by atoms with Crippen LogP contribution < -0.4 is 5.32 Å². The van der Waals surface area contributed by atoms with Gasteiger partial charge in [0.2, 0.25) is 0 Å². The largest absolute Gasteiger partial charge is 0.339 e. The van der Waals surface area contributed by atoms with Gasteiger partial charge in [-0.2, -0.15) is 5.26 Å². The number of nitriles is 1. The Hall–Kier alpha value is -2.49. The van der Waals surface area contributed by atoms with Gasteiger partial charge in [0.05, 0.1) is 23.6 Å². The maximum atomic E-state index is 8.91. The van der Waals surface area contributed by atoms with E-state index in [9.17, 15) is 0 Å². The minimum absolute atomic E-state index is 0.235. The molecule has 1 atom stereocenters. The fraction of sp³-hybridized carbons (Fsp3) is 0.542. The molecule has 0 saturated carbocycles. The molecule has 30 heavy (non-hydrogen) atoms. The molecule has 1 N–H and O–H groups in total. The van der Waals surface area contributed by atoms with Crippen LogP contribution in [-0.2, 0) is 0 Å². The Bertz CT molecular complexity index is 851. The van der Waals surface area contributed by atoms with Crippen LogP contribution in [0.15, 0.2) is 36.5 Å². The third-order valence-corrected chi connectivity index (χ3v) is 5.80. The van der Waals surface area contributed by atoms with E-state index in [2.05, 4.69) is 59.9 Å². The molecule has 3 rings (SSSR count). The van der Waals surface area contributed by atoms with Crippen molar-refractivity contribution in [3.8, 4) is 6.07 Å². The van der Waals surface area contributed by atoms with Gasteiger partial charge in [0, 0.05) is 13.1 Å². The van der Waals surface area contributed by atoms with Crippen molar-refractivity contribution in [2.24, 2.45) is 5.41 Å². The summed E-state index contributed by atoms with van der Waals surface area (Å²) >= 11 is 0. The minimum atomic E-state index is 0.235. The van der Waals surface area contributed by atoms with Gasteiger partial charge in [-0.25, -0.2) is 9.97 Å². The SMILES string of the molecule is CCN(CC)CC(C)(C)CN1CCC[C@@H]1c1cccc(Nc2ccc(C#N)nc2)n1. The molecule has 2 aromatic rings. The number of hydrogen-bond acceptors (Lipinski definition) is 6. The van der Waals surface area contributed by atoms with Crippen molar-refractivity contribution in [3.05, 3.63) is 47.9 Å². The first-order chi connectivity index (χ1) is 14.4. The van der Waals surface area contributed by atoms with Gasteiger partial charge in [-0.05, 0) is 62.2 Å². The van der Waals surface area contributed by atoms with Gasteiger partial charge < -0.3 is 10.2 Å². The third-order valence-electron chi connectivity index (χ3n) is 5.80. The number of nitrogens with one attached hydrogen (secondary N) is 1. The lowest BCUT2D eigenvalue weighted by molar-refractivity contribution is 0.117. The normalized spacial score (nSPS) is 17.3. The molecule has 0 aliphatic carbocycles. The predicted molar refractivity (Wildman–Crippen MR) is 122 cm³/mol. The molecule has 160 valence electrons. The van der Waals surface area contributed by atoms with Gasteiger partial charge in [0.15, 0.2) is 0 Å². The second-order valence-electron chi connectivity index (χ2n) is 8.87. The summed E-state index contributed by atoms with van der Waals surface area (Å²) in [6.07, 6.45) is 4.03. The quantitative estimate of drug-likeness (QED) is 0.656. The molecule has 2 aromatic heterocycles. The number of nitrogens with zero attached hydrogens (tertiary/aromatic N) is 5. The van der Waals surface area contributed by atoms with Gasteiger partial charge in [0.1, 0.15) is 17.6 Å². The first kappa shape index (κ1) is 22.2. The fourth-order valence-electron chi connectivity index (χ4n) is 4.39. The highest BCUT2D eigenvalue weighted by molar-refractivity contribution is 5.55. The molecule has 1 aliphatic heterocycles. The molecule has 0 radical (unpaired) electrons. The highest BCUT2D eigenvalue weighted by Gasteiger charge is 2.32. The van der Waals surface area contributed by atoms with Crippen LogP contribution in [-0.4, -0.2) is 52.5 Å². The monoisotopic (exact) mass is 406 g/mol. The molecule has 3 heterocycles. The predicted octanol–water partition coefficient (Wildman–Crippen LogP) is 4.60. The number of rotatable bonds is 9. The van der Waals surface area contributed by atoms with E-state index in [0.29, 0.717) is 11.7 Å². The van der Waals surface area contributed by atoms with Crippen molar-refractivity contribution in [1.82, 2.24) is 19.8 Å². The summed E-state index contributed by atoms with van der Waals surface area (Å²) in [6.45, 7) is 14.8. The van der Waals surface area contributed by atoms with Crippen LogP contribution in [0.5, 0.6) is 0 Å². The van der Waals surface area contributed by atoms with Gasteiger partial charge in [-0.1, -0.05) is 33.8 Å².